The Kier molecular flexibility index (Phi) is 13.7. The van der Waals surface area contributed by atoms with Crippen LogP contribution in [-0.2, 0) is 20.7 Å². The number of aliphatic hydroxyl groups is 1. The van der Waals surface area contributed by atoms with Crippen LogP contribution in [0.5, 0.6) is 0 Å². The molecule has 9 nitrogen and oxygen atoms in total. The average molecular weight is 614 g/mol. The van der Waals surface area contributed by atoms with Crippen LogP contribution in [0.15, 0.2) is 18.2 Å². The highest BCUT2D eigenvalue weighted by atomic mass is 16.5. The van der Waals surface area contributed by atoms with Gasteiger partial charge in [-0.25, -0.2) is 0 Å². The summed E-state index contributed by atoms with van der Waals surface area (Å²) in [5.74, 6) is 0.537. The Bertz CT molecular complexity index is 1190. The van der Waals surface area contributed by atoms with Crippen LogP contribution in [0.3, 0.4) is 0 Å². The number of hydrogen-bond acceptors (Lipinski definition) is 6. The van der Waals surface area contributed by atoms with E-state index in [0.29, 0.717) is 25.5 Å². The number of aliphatic hydroxyl groups excluding tert-OH is 1. The van der Waals surface area contributed by atoms with Crippen LogP contribution in [0.2, 0.25) is 0 Å². The zero-order valence-electron chi connectivity index (χ0n) is 28.4. The Morgan fingerprint density at radius 1 is 1.05 bits per heavy atom. The molecular weight excluding hydrogens is 554 g/mol. The van der Waals surface area contributed by atoms with Gasteiger partial charge < -0.3 is 26.2 Å². The Hall–Kier alpha value is -2.49. The second-order valence-electron chi connectivity index (χ2n) is 14.2. The van der Waals surface area contributed by atoms with Crippen molar-refractivity contribution in [3.63, 3.8) is 0 Å². The maximum Gasteiger partial charge on any atom is 0.237 e. The number of benzene rings is 1. The highest BCUT2D eigenvalue weighted by molar-refractivity contribution is 5.83. The van der Waals surface area contributed by atoms with E-state index in [1.54, 1.807) is 7.11 Å². The zero-order valence-corrected chi connectivity index (χ0v) is 28.4. The van der Waals surface area contributed by atoms with Crippen molar-refractivity contribution in [2.24, 2.45) is 41.2 Å². The van der Waals surface area contributed by atoms with Gasteiger partial charge in [-0.2, -0.15) is 5.10 Å². The van der Waals surface area contributed by atoms with Gasteiger partial charge in [0.2, 0.25) is 11.8 Å². The van der Waals surface area contributed by atoms with Gasteiger partial charge >= 0.3 is 0 Å². The molecule has 44 heavy (non-hydrogen) atoms. The minimum Gasteiger partial charge on any atom is -0.391 e. The van der Waals surface area contributed by atoms with E-state index in [9.17, 15) is 14.7 Å². The number of carbonyl (C=O) groups excluding carboxylic acids is 2. The zero-order chi connectivity index (χ0) is 32.6. The fourth-order valence-electron chi connectivity index (χ4n) is 6.24. The van der Waals surface area contributed by atoms with E-state index in [1.165, 1.54) is 5.56 Å². The molecule has 0 radical (unpaired) electrons. The van der Waals surface area contributed by atoms with E-state index < -0.39 is 18.2 Å². The number of aromatic amines is 1. The van der Waals surface area contributed by atoms with E-state index in [-0.39, 0.29) is 53.7 Å². The lowest BCUT2D eigenvalue weighted by atomic mass is 9.75. The van der Waals surface area contributed by atoms with Gasteiger partial charge in [0.05, 0.1) is 23.7 Å². The SMILES string of the molecule is COCCCc1[nH]nc2ccc(C(C)[C@@H](C[C@H](NC(=O)[C@@H](N)C(C)C)[C@@H](O)C[C@H](C(=O)NCC3CC3)C(C)C)C(C)C)cc12. The second-order valence-corrected chi connectivity index (χ2v) is 14.2. The number of amides is 2. The number of aryl methyl sites for hydroxylation is 1. The van der Waals surface area contributed by atoms with Crippen molar-refractivity contribution < 1.29 is 19.4 Å². The number of nitrogens with zero attached hydrogens (tertiary/aromatic N) is 1. The van der Waals surface area contributed by atoms with Crippen molar-refractivity contribution in [2.75, 3.05) is 20.3 Å². The minimum absolute atomic E-state index is 0.0154. The molecule has 2 aromatic rings. The molecule has 9 heteroatoms. The molecular formula is C35H59N5O4. The molecule has 248 valence electrons. The number of ether oxygens (including phenoxy) is 1. The molecule has 6 N–H and O–H groups in total. The molecule has 0 aliphatic heterocycles. The molecule has 1 aliphatic carbocycles. The van der Waals surface area contributed by atoms with E-state index in [0.717, 1.165) is 42.3 Å². The van der Waals surface area contributed by atoms with Crippen molar-refractivity contribution in [2.45, 2.75) is 111 Å². The molecule has 3 rings (SSSR count). The largest absolute Gasteiger partial charge is 0.391 e. The van der Waals surface area contributed by atoms with Gasteiger partial charge in [-0.1, -0.05) is 54.5 Å². The third kappa shape index (κ3) is 10.0. The number of nitrogens with one attached hydrogen (secondary N) is 3. The first-order chi connectivity index (χ1) is 20.8. The van der Waals surface area contributed by atoms with Gasteiger partial charge in [0.25, 0.3) is 0 Å². The van der Waals surface area contributed by atoms with Gasteiger partial charge in [0, 0.05) is 37.3 Å². The summed E-state index contributed by atoms with van der Waals surface area (Å²) in [6.07, 6.45) is 4.05. The normalized spacial score (nSPS) is 17.9. The van der Waals surface area contributed by atoms with Crippen LogP contribution in [0.4, 0.5) is 0 Å². The number of carbonyl (C=O) groups is 2. The van der Waals surface area contributed by atoms with Crippen molar-refractivity contribution in [3.8, 4) is 0 Å². The van der Waals surface area contributed by atoms with Crippen LogP contribution in [0.25, 0.3) is 10.9 Å². The van der Waals surface area contributed by atoms with Crippen molar-refractivity contribution >= 4 is 22.7 Å². The number of nitrogens with two attached hydrogens (primary N) is 1. The summed E-state index contributed by atoms with van der Waals surface area (Å²) in [5.41, 5.74) is 9.49. The first-order valence-corrected chi connectivity index (χ1v) is 16.8. The summed E-state index contributed by atoms with van der Waals surface area (Å²) in [6.45, 7) is 15.9. The molecule has 1 heterocycles. The van der Waals surface area contributed by atoms with Gasteiger partial charge in [0.15, 0.2) is 0 Å². The molecule has 1 saturated carbocycles. The van der Waals surface area contributed by atoms with E-state index in [1.807, 2.05) is 27.7 Å². The summed E-state index contributed by atoms with van der Waals surface area (Å²) in [4.78, 5) is 26.4. The first-order valence-electron chi connectivity index (χ1n) is 16.8. The summed E-state index contributed by atoms with van der Waals surface area (Å²) in [7, 11) is 1.72. The maximum absolute atomic E-state index is 13.2. The average Bonchev–Trinajstić information content (AvgIpc) is 3.73. The molecule has 1 aromatic heterocycles. The monoisotopic (exact) mass is 613 g/mol. The van der Waals surface area contributed by atoms with E-state index in [4.69, 9.17) is 10.5 Å². The van der Waals surface area contributed by atoms with Gasteiger partial charge in [-0.3, -0.25) is 14.7 Å². The summed E-state index contributed by atoms with van der Waals surface area (Å²) < 4.78 is 5.24. The molecule has 1 unspecified atom stereocenters. The second kappa shape index (κ2) is 16.7. The van der Waals surface area contributed by atoms with Crippen LogP contribution < -0.4 is 16.4 Å². The lowest BCUT2D eigenvalue weighted by Gasteiger charge is -2.36. The van der Waals surface area contributed by atoms with Crippen LogP contribution >= 0.6 is 0 Å². The number of methoxy groups -OCH3 is 1. The Balaban J connectivity index is 1.85. The summed E-state index contributed by atoms with van der Waals surface area (Å²) >= 11 is 0. The standard InChI is InChI=1S/C35H59N5O4/c1-20(2)26(23(7)25-13-14-30-28(16-25)29(39-40-30)10-9-15-44-8)17-31(38-35(43)33(36)22(5)6)32(41)18-27(21(3)4)34(42)37-19-24-11-12-24/h13-14,16,20-24,26-27,31-33,41H,9-12,15,17-19,36H2,1-8H3,(H,37,42)(H,38,43)(H,39,40)/t23?,26-,27-,31-,32-,33-/m0/s1. The topological polar surface area (TPSA) is 142 Å². The smallest absolute Gasteiger partial charge is 0.237 e. The Morgan fingerprint density at radius 2 is 1.75 bits per heavy atom. The minimum atomic E-state index is -0.894. The lowest BCUT2D eigenvalue weighted by Crippen LogP contribution is -2.53. The van der Waals surface area contributed by atoms with Crippen molar-refractivity contribution in [1.82, 2.24) is 20.8 Å². The predicted octanol–water partition coefficient (Wildman–Crippen LogP) is 4.93. The fraction of sp³-hybridized carbons (Fsp3) is 0.743. The molecule has 1 aliphatic rings. The van der Waals surface area contributed by atoms with Crippen LogP contribution in [-0.4, -0.2) is 65.6 Å². The number of fused-ring (bicyclic) bond motifs is 1. The number of rotatable bonds is 19. The number of aromatic nitrogens is 2. The van der Waals surface area contributed by atoms with Crippen molar-refractivity contribution in [1.29, 1.82) is 0 Å². The molecule has 2 amide bonds. The maximum atomic E-state index is 13.2. The van der Waals surface area contributed by atoms with Crippen LogP contribution in [0, 0.1) is 35.5 Å². The fourth-order valence-corrected chi connectivity index (χ4v) is 6.24. The molecule has 0 saturated heterocycles. The lowest BCUT2D eigenvalue weighted by molar-refractivity contribution is -0.128. The Labute approximate surface area is 264 Å². The van der Waals surface area contributed by atoms with E-state index >= 15 is 0 Å². The summed E-state index contributed by atoms with van der Waals surface area (Å²) in [5, 5.41) is 26.8. The highest BCUT2D eigenvalue weighted by Crippen LogP contribution is 2.36. The molecule has 6 atom stereocenters. The number of hydrogen-bond donors (Lipinski definition) is 5. The molecule has 1 fully saturated rings. The first kappa shape index (κ1) is 36.0. The number of H-pyrrole nitrogens is 1. The van der Waals surface area contributed by atoms with E-state index in [2.05, 4.69) is 59.8 Å². The van der Waals surface area contributed by atoms with Gasteiger partial charge in [-0.05, 0) is 91.7 Å². The molecule has 0 bridgehead atoms. The quantitative estimate of drug-likeness (QED) is 0.142. The third-order valence-electron chi connectivity index (χ3n) is 9.69. The predicted molar refractivity (Wildman–Crippen MR) is 177 cm³/mol. The van der Waals surface area contributed by atoms with Crippen molar-refractivity contribution in [3.05, 3.63) is 29.5 Å². The molecule has 0 spiro atoms. The highest BCUT2D eigenvalue weighted by Gasteiger charge is 2.35. The Morgan fingerprint density at radius 3 is 2.34 bits per heavy atom. The molecule has 1 aromatic carbocycles. The van der Waals surface area contributed by atoms with Crippen LogP contribution in [0.1, 0.15) is 97.7 Å². The summed E-state index contributed by atoms with van der Waals surface area (Å²) in [6, 6.07) is 5.22. The van der Waals surface area contributed by atoms with Gasteiger partial charge in [0.1, 0.15) is 0 Å². The van der Waals surface area contributed by atoms with Gasteiger partial charge in [-0.15, -0.1) is 0 Å². The third-order valence-corrected chi connectivity index (χ3v) is 9.69.